The Morgan fingerprint density at radius 1 is 1.12 bits per heavy atom. The molecule has 2 rings (SSSR count). The van der Waals surface area contributed by atoms with Crippen LogP contribution in [-0.4, -0.2) is 65.8 Å². The van der Waals surface area contributed by atoms with Gasteiger partial charge >= 0.3 is 0 Å². The van der Waals surface area contributed by atoms with E-state index in [0.717, 1.165) is 0 Å². The average Bonchev–Trinajstić information content (AvgIpc) is 3.17. The first-order valence-electron chi connectivity index (χ1n) is 7.41. The van der Waals surface area contributed by atoms with E-state index in [-0.39, 0.29) is 17.1 Å². The number of aromatic nitrogens is 3. The molecule has 1 atom stereocenters. The van der Waals surface area contributed by atoms with Crippen LogP contribution in [0.2, 0.25) is 0 Å². The smallest absolute Gasteiger partial charge is 0.263 e. The van der Waals surface area contributed by atoms with Gasteiger partial charge in [0.1, 0.15) is 18.7 Å². The minimum Gasteiger partial charge on any atom is -0.493 e. The van der Waals surface area contributed by atoms with Gasteiger partial charge < -0.3 is 24.6 Å². The monoisotopic (exact) mass is 365 g/mol. The normalized spacial score (nSPS) is 11.4. The molecule has 1 aromatic heterocycles. The van der Waals surface area contributed by atoms with Crippen molar-refractivity contribution < 1.29 is 28.9 Å². The number of aliphatic hydroxyl groups is 1. The molecule has 0 radical (unpaired) electrons. The summed E-state index contributed by atoms with van der Waals surface area (Å²) in [5, 5.41) is 18.9. The number of aliphatic hydroxyl groups excluding tert-OH is 1. The van der Waals surface area contributed by atoms with Crippen LogP contribution in [0.5, 0.6) is 17.2 Å². The summed E-state index contributed by atoms with van der Waals surface area (Å²) >= 11 is 0. The van der Waals surface area contributed by atoms with Gasteiger partial charge in [-0.1, -0.05) is 0 Å². The highest BCUT2D eigenvalue weighted by Gasteiger charge is 2.23. The van der Waals surface area contributed by atoms with Crippen LogP contribution < -0.4 is 25.0 Å². The zero-order valence-electron chi connectivity index (χ0n) is 14.4. The third-order valence-corrected chi connectivity index (χ3v) is 3.39. The van der Waals surface area contributed by atoms with Crippen LogP contribution in [-0.2, 0) is 4.79 Å². The van der Waals surface area contributed by atoms with E-state index in [4.69, 9.17) is 14.2 Å². The first-order valence-corrected chi connectivity index (χ1v) is 7.41. The molecule has 0 unspecified atom stereocenters. The molecule has 0 spiro atoms. The van der Waals surface area contributed by atoms with Crippen molar-refractivity contribution in [3.8, 4) is 17.2 Å². The number of nitrogens with one attached hydrogen (secondary N) is 2. The SMILES string of the molecule is COc1cc(C(=O)N[C@@H](CO)C(=O)Nn2cnnc2)cc(OC)c1OC. The number of carbonyl (C=O) groups is 2. The van der Waals surface area contributed by atoms with Crippen LogP contribution in [0, 0.1) is 0 Å². The topological polar surface area (TPSA) is 137 Å². The summed E-state index contributed by atoms with van der Waals surface area (Å²) < 4.78 is 16.8. The fourth-order valence-electron chi connectivity index (χ4n) is 2.11. The second kappa shape index (κ2) is 8.67. The minimum atomic E-state index is -1.19. The van der Waals surface area contributed by atoms with Crippen molar-refractivity contribution in [2.24, 2.45) is 0 Å². The van der Waals surface area contributed by atoms with Gasteiger partial charge in [0.25, 0.3) is 11.8 Å². The summed E-state index contributed by atoms with van der Waals surface area (Å²) in [6.07, 6.45) is 2.51. The number of nitrogens with zero attached hydrogens (tertiary/aromatic N) is 3. The molecule has 11 heteroatoms. The number of amides is 2. The molecule has 2 amide bonds. The second-order valence-electron chi connectivity index (χ2n) is 4.97. The average molecular weight is 365 g/mol. The van der Waals surface area contributed by atoms with Crippen molar-refractivity contribution in [2.75, 3.05) is 33.4 Å². The molecule has 11 nitrogen and oxygen atoms in total. The van der Waals surface area contributed by atoms with Gasteiger partial charge in [0.15, 0.2) is 11.5 Å². The summed E-state index contributed by atoms with van der Waals surface area (Å²) in [5.74, 6) is -0.358. The number of carbonyl (C=O) groups excluding carboxylic acids is 2. The lowest BCUT2D eigenvalue weighted by Gasteiger charge is -2.17. The van der Waals surface area contributed by atoms with E-state index in [1.807, 2.05) is 0 Å². The second-order valence-corrected chi connectivity index (χ2v) is 4.97. The van der Waals surface area contributed by atoms with Gasteiger partial charge in [-0.25, -0.2) is 4.68 Å². The number of hydrogen-bond acceptors (Lipinski definition) is 8. The zero-order chi connectivity index (χ0) is 19.1. The zero-order valence-corrected chi connectivity index (χ0v) is 14.4. The van der Waals surface area contributed by atoms with Crippen LogP contribution in [0.4, 0.5) is 0 Å². The third kappa shape index (κ3) is 4.19. The first-order chi connectivity index (χ1) is 12.5. The molecule has 0 saturated heterocycles. The molecular formula is C15H19N5O6. The maximum atomic E-state index is 12.5. The van der Waals surface area contributed by atoms with Crippen molar-refractivity contribution in [1.29, 1.82) is 0 Å². The molecule has 1 aromatic carbocycles. The van der Waals surface area contributed by atoms with E-state index >= 15 is 0 Å². The van der Waals surface area contributed by atoms with E-state index < -0.39 is 24.5 Å². The maximum absolute atomic E-state index is 12.5. The van der Waals surface area contributed by atoms with E-state index in [0.29, 0.717) is 5.75 Å². The molecule has 3 N–H and O–H groups in total. The van der Waals surface area contributed by atoms with Gasteiger partial charge in [-0.3, -0.25) is 15.0 Å². The highest BCUT2D eigenvalue weighted by Crippen LogP contribution is 2.38. The summed E-state index contributed by atoms with van der Waals surface area (Å²) in [5.41, 5.74) is 2.56. The quantitative estimate of drug-likeness (QED) is 0.551. The van der Waals surface area contributed by atoms with Crippen molar-refractivity contribution in [3.05, 3.63) is 30.4 Å². The van der Waals surface area contributed by atoms with Crippen LogP contribution in [0.25, 0.3) is 0 Å². The summed E-state index contributed by atoms with van der Waals surface area (Å²) in [6, 6.07) is 1.68. The largest absolute Gasteiger partial charge is 0.493 e. The van der Waals surface area contributed by atoms with Gasteiger partial charge in [-0.15, -0.1) is 10.2 Å². The van der Waals surface area contributed by atoms with Crippen molar-refractivity contribution in [1.82, 2.24) is 20.2 Å². The Bertz CT molecular complexity index is 739. The lowest BCUT2D eigenvalue weighted by Crippen LogP contribution is -2.47. The highest BCUT2D eigenvalue weighted by molar-refractivity contribution is 6.00. The molecule has 0 bridgehead atoms. The van der Waals surface area contributed by atoms with Crippen LogP contribution in [0.3, 0.4) is 0 Å². The summed E-state index contributed by atoms with van der Waals surface area (Å²) in [6.45, 7) is -0.607. The molecule has 0 aliphatic rings. The molecular weight excluding hydrogens is 346 g/mol. The minimum absolute atomic E-state index is 0.162. The van der Waals surface area contributed by atoms with Crippen molar-refractivity contribution in [2.45, 2.75) is 6.04 Å². The molecule has 140 valence electrons. The van der Waals surface area contributed by atoms with Gasteiger partial charge in [-0.2, -0.15) is 0 Å². The molecule has 0 aliphatic heterocycles. The van der Waals surface area contributed by atoms with E-state index in [9.17, 15) is 14.7 Å². The highest BCUT2D eigenvalue weighted by atomic mass is 16.5. The fourth-order valence-corrected chi connectivity index (χ4v) is 2.11. The molecule has 0 aliphatic carbocycles. The standard InChI is InChI=1S/C15H19N5O6/c1-24-11-4-9(5-12(25-2)13(11)26-3)14(22)18-10(6-21)15(23)19-20-7-16-17-8-20/h4-5,7-8,10,21H,6H2,1-3H3,(H,18,22)(H,19,23)/t10-/m0/s1. The van der Waals surface area contributed by atoms with Crippen LogP contribution in [0.1, 0.15) is 10.4 Å². The Kier molecular flexibility index (Phi) is 6.33. The number of hydrogen-bond donors (Lipinski definition) is 3. The van der Waals surface area contributed by atoms with Crippen LogP contribution in [0.15, 0.2) is 24.8 Å². The summed E-state index contributed by atoms with van der Waals surface area (Å²) in [4.78, 5) is 24.6. The van der Waals surface area contributed by atoms with Gasteiger partial charge in [0, 0.05) is 5.56 Å². The molecule has 0 fully saturated rings. The fraction of sp³-hybridized carbons (Fsp3) is 0.333. The Labute approximate surface area is 148 Å². The lowest BCUT2D eigenvalue weighted by molar-refractivity contribution is -0.119. The van der Waals surface area contributed by atoms with E-state index in [1.165, 1.54) is 50.8 Å². The lowest BCUT2D eigenvalue weighted by atomic mass is 10.1. The van der Waals surface area contributed by atoms with Gasteiger partial charge in [0.2, 0.25) is 5.75 Å². The molecule has 1 heterocycles. The number of ether oxygens (including phenoxy) is 3. The molecule has 2 aromatic rings. The Balaban J connectivity index is 2.18. The predicted molar refractivity (Wildman–Crippen MR) is 88.8 cm³/mol. The third-order valence-electron chi connectivity index (χ3n) is 3.39. The van der Waals surface area contributed by atoms with Gasteiger partial charge in [-0.05, 0) is 12.1 Å². The Morgan fingerprint density at radius 3 is 2.15 bits per heavy atom. The number of rotatable bonds is 8. The summed E-state index contributed by atoms with van der Waals surface area (Å²) in [7, 11) is 4.28. The predicted octanol–water partition coefficient (Wildman–Crippen LogP) is -0.835. The first kappa shape index (κ1) is 19.0. The maximum Gasteiger partial charge on any atom is 0.263 e. The number of benzene rings is 1. The molecule has 26 heavy (non-hydrogen) atoms. The van der Waals surface area contributed by atoms with Crippen LogP contribution >= 0.6 is 0 Å². The van der Waals surface area contributed by atoms with E-state index in [1.54, 1.807) is 0 Å². The molecule has 0 saturated carbocycles. The van der Waals surface area contributed by atoms with E-state index in [2.05, 4.69) is 20.9 Å². The Hall–Kier alpha value is -3.34. The van der Waals surface area contributed by atoms with Crippen molar-refractivity contribution >= 4 is 11.8 Å². The van der Waals surface area contributed by atoms with Crippen molar-refractivity contribution in [3.63, 3.8) is 0 Å². The Morgan fingerprint density at radius 2 is 1.69 bits per heavy atom. The van der Waals surface area contributed by atoms with Gasteiger partial charge in [0.05, 0.1) is 27.9 Å². The number of methoxy groups -OCH3 is 3.